The highest BCUT2D eigenvalue weighted by molar-refractivity contribution is 6.30. The predicted molar refractivity (Wildman–Crippen MR) is 67.5 cm³/mol. The van der Waals surface area contributed by atoms with Crippen LogP contribution in [0.5, 0.6) is 0 Å². The number of pyridine rings is 1. The Morgan fingerprint density at radius 3 is 2.67 bits per heavy atom. The summed E-state index contributed by atoms with van der Waals surface area (Å²) in [6.07, 6.45) is 1.59. The van der Waals surface area contributed by atoms with Crippen molar-refractivity contribution in [2.45, 2.75) is 13.3 Å². The summed E-state index contributed by atoms with van der Waals surface area (Å²) in [5, 5.41) is 0.476. The zero-order valence-corrected chi connectivity index (χ0v) is 11.1. The van der Waals surface area contributed by atoms with Crippen molar-refractivity contribution in [2.24, 2.45) is 0 Å². The van der Waals surface area contributed by atoms with Crippen molar-refractivity contribution in [1.82, 2.24) is 9.88 Å². The number of carbonyl (C=O) groups is 2. The Bertz CT molecular complexity index is 420. The second kappa shape index (κ2) is 6.96. The molecule has 6 heteroatoms. The van der Waals surface area contributed by atoms with E-state index in [-0.39, 0.29) is 18.3 Å². The van der Waals surface area contributed by atoms with Gasteiger partial charge in [0.25, 0.3) is 5.91 Å². The number of aromatic nitrogens is 1. The first-order valence-electron chi connectivity index (χ1n) is 5.56. The number of esters is 1. The molecule has 0 fully saturated rings. The molecule has 1 amide bonds. The maximum atomic E-state index is 12.1. The number of hydrogen-bond donors (Lipinski definition) is 0. The van der Waals surface area contributed by atoms with E-state index in [1.165, 1.54) is 18.2 Å². The summed E-state index contributed by atoms with van der Waals surface area (Å²) in [5.41, 5.74) is 0.311. The van der Waals surface area contributed by atoms with Gasteiger partial charge in [-0.05, 0) is 19.1 Å². The molecule has 0 spiro atoms. The van der Waals surface area contributed by atoms with Crippen molar-refractivity contribution in [3.05, 3.63) is 29.0 Å². The molecule has 1 rings (SSSR count). The molecule has 0 atom stereocenters. The molecule has 0 aliphatic heterocycles. The summed E-state index contributed by atoms with van der Waals surface area (Å²) in [4.78, 5) is 28.6. The summed E-state index contributed by atoms with van der Waals surface area (Å²) in [6, 6.07) is 3.17. The van der Waals surface area contributed by atoms with Gasteiger partial charge in [-0.15, -0.1) is 0 Å². The normalized spacial score (nSPS) is 9.94. The fourth-order valence-corrected chi connectivity index (χ4v) is 1.51. The van der Waals surface area contributed by atoms with Gasteiger partial charge in [0.1, 0.15) is 5.69 Å². The summed E-state index contributed by atoms with van der Waals surface area (Å²) >= 11 is 5.70. The molecule has 98 valence electrons. The van der Waals surface area contributed by atoms with Gasteiger partial charge in [0, 0.05) is 19.3 Å². The number of rotatable bonds is 5. The Morgan fingerprint density at radius 1 is 1.44 bits per heavy atom. The number of ether oxygens (including phenoxy) is 1. The molecule has 0 aliphatic carbocycles. The third-order valence-electron chi connectivity index (χ3n) is 2.43. The molecule has 1 aromatic heterocycles. The van der Waals surface area contributed by atoms with Crippen molar-refractivity contribution < 1.29 is 14.3 Å². The largest absolute Gasteiger partial charge is 0.469 e. The molecule has 0 aliphatic rings. The average molecular weight is 271 g/mol. The molecule has 0 N–H and O–H groups in total. The first kappa shape index (κ1) is 14.4. The Hall–Kier alpha value is -1.62. The highest BCUT2D eigenvalue weighted by atomic mass is 35.5. The van der Waals surface area contributed by atoms with Crippen molar-refractivity contribution in [1.29, 1.82) is 0 Å². The van der Waals surface area contributed by atoms with Crippen molar-refractivity contribution in [2.75, 3.05) is 20.2 Å². The Labute approximate surface area is 111 Å². The lowest BCUT2D eigenvalue weighted by Gasteiger charge is -2.19. The summed E-state index contributed by atoms with van der Waals surface area (Å²) in [7, 11) is 1.32. The molecule has 0 saturated carbocycles. The summed E-state index contributed by atoms with van der Waals surface area (Å²) in [5.74, 6) is -0.566. The fourth-order valence-electron chi connectivity index (χ4n) is 1.40. The van der Waals surface area contributed by atoms with Gasteiger partial charge in [0.2, 0.25) is 0 Å². The topological polar surface area (TPSA) is 59.5 Å². The van der Waals surface area contributed by atoms with E-state index in [0.29, 0.717) is 23.8 Å². The fraction of sp³-hybridized carbons (Fsp3) is 0.417. The van der Waals surface area contributed by atoms with E-state index >= 15 is 0 Å². The van der Waals surface area contributed by atoms with Crippen LogP contribution in [0.4, 0.5) is 0 Å². The predicted octanol–water partition coefficient (Wildman–Crippen LogP) is 1.76. The van der Waals surface area contributed by atoms with Crippen molar-refractivity contribution in [3.8, 4) is 0 Å². The molecule has 1 heterocycles. The lowest BCUT2D eigenvalue weighted by atomic mass is 10.3. The molecule has 0 bridgehead atoms. The first-order valence-corrected chi connectivity index (χ1v) is 5.94. The van der Waals surface area contributed by atoms with Gasteiger partial charge in [-0.1, -0.05) is 11.6 Å². The number of hydrogen-bond acceptors (Lipinski definition) is 4. The van der Waals surface area contributed by atoms with Crippen molar-refractivity contribution >= 4 is 23.5 Å². The van der Waals surface area contributed by atoms with Crippen LogP contribution in [-0.4, -0.2) is 42.0 Å². The van der Waals surface area contributed by atoms with E-state index in [2.05, 4.69) is 9.72 Å². The molecule has 0 aromatic carbocycles. The highest BCUT2D eigenvalue weighted by Gasteiger charge is 2.16. The molecule has 0 unspecified atom stereocenters. The number of nitrogens with zero attached hydrogens (tertiary/aromatic N) is 2. The first-order chi connectivity index (χ1) is 8.58. The summed E-state index contributed by atoms with van der Waals surface area (Å²) < 4.78 is 4.54. The standard InChI is InChI=1S/C12H15ClN2O3/c1-3-15(7-6-11(16)18-2)12(17)10-5-4-9(13)8-14-10/h4-5,8H,3,6-7H2,1-2H3. The Balaban J connectivity index is 2.67. The van der Waals surface area contributed by atoms with Crippen LogP contribution in [0, 0.1) is 0 Å². The molecule has 5 nitrogen and oxygen atoms in total. The van der Waals surface area contributed by atoms with E-state index in [1.54, 1.807) is 12.1 Å². The SMILES string of the molecule is CCN(CCC(=O)OC)C(=O)c1ccc(Cl)cn1. The van der Waals surface area contributed by atoms with Crippen molar-refractivity contribution in [3.63, 3.8) is 0 Å². The third kappa shape index (κ3) is 4.00. The molecule has 1 aromatic rings. The van der Waals surface area contributed by atoms with Gasteiger partial charge >= 0.3 is 5.97 Å². The number of halogens is 1. The maximum absolute atomic E-state index is 12.1. The van der Waals surface area contributed by atoms with Gasteiger partial charge in [0.05, 0.1) is 18.6 Å². The monoisotopic (exact) mass is 270 g/mol. The summed E-state index contributed by atoms with van der Waals surface area (Å²) in [6.45, 7) is 2.65. The number of carbonyl (C=O) groups excluding carboxylic acids is 2. The van der Waals surface area contributed by atoms with Gasteiger partial charge in [-0.3, -0.25) is 9.59 Å². The lowest BCUT2D eigenvalue weighted by molar-refractivity contribution is -0.140. The van der Waals surface area contributed by atoms with E-state index < -0.39 is 0 Å². The minimum absolute atomic E-state index is 0.170. The van der Waals surface area contributed by atoms with E-state index in [9.17, 15) is 9.59 Å². The molecule has 0 saturated heterocycles. The third-order valence-corrected chi connectivity index (χ3v) is 2.65. The van der Waals surface area contributed by atoms with Crippen LogP contribution in [0.15, 0.2) is 18.3 Å². The number of methoxy groups -OCH3 is 1. The van der Waals surface area contributed by atoms with Crippen LogP contribution in [0.3, 0.4) is 0 Å². The minimum Gasteiger partial charge on any atom is -0.469 e. The smallest absolute Gasteiger partial charge is 0.307 e. The molecular weight excluding hydrogens is 256 g/mol. The highest BCUT2D eigenvalue weighted by Crippen LogP contribution is 2.08. The van der Waals surface area contributed by atoms with Gasteiger partial charge in [0.15, 0.2) is 0 Å². The van der Waals surface area contributed by atoms with Crippen LogP contribution in [0.1, 0.15) is 23.8 Å². The second-order valence-corrected chi connectivity index (χ2v) is 4.01. The van der Waals surface area contributed by atoms with Crippen LogP contribution < -0.4 is 0 Å². The molecule has 0 radical (unpaired) electrons. The quantitative estimate of drug-likeness (QED) is 0.765. The van der Waals surface area contributed by atoms with Crippen LogP contribution in [0.25, 0.3) is 0 Å². The number of amides is 1. The van der Waals surface area contributed by atoms with Crippen LogP contribution in [0.2, 0.25) is 5.02 Å². The van der Waals surface area contributed by atoms with Gasteiger partial charge in [-0.2, -0.15) is 0 Å². The lowest BCUT2D eigenvalue weighted by Crippen LogP contribution is -2.33. The average Bonchev–Trinajstić information content (AvgIpc) is 2.39. The van der Waals surface area contributed by atoms with Gasteiger partial charge < -0.3 is 9.64 Å². The maximum Gasteiger partial charge on any atom is 0.307 e. The van der Waals surface area contributed by atoms with Crippen LogP contribution in [-0.2, 0) is 9.53 Å². The molecule has 18 heavy (non-hydrogen) atoms. The molecular formula is C12H15ClN2O3. The zero-order chi connectivity index (χ0) is 13.5. The second-order valence-electron chi connectivity index (χ2n) is 3.57. The van der Waals surface area contributed by atoms with Gasteiger partial charge in [-0.25, -0.2) is 4.98 Å². The Kier molecular flexibility index (Phi) is 5.58. The minimum atomic E-state index is -0.342. The van der Waals surface area contributed by atoms with E-state index in [4.69, 9.17) is 11.6 Å². The van der Waals surface area contributed by atoms with E-state index in [0.717, 1.165) is 0 Å². The van der Waals surface area contributed by atoms with E-state index in [1.807, 2.05) is 6.92 Å². The Morgan fingerprint density at radius 2 is 2.17 bits per heavy atom. The van der Waals surface area contributed by atoms with Crippen LogP contribution >= 0.6 is 11.6 Å². The zero-order valence-electron chi connectivity index (χ0n) is 10.4.